The molecule has 3 aromatic rings. The smallest absolute Gasteiger partial charge is 0.256 e. The third-order valence-electron chi connectivity index (χ3n) is 6.15. The predicted octanol–water partition coefficient (Wildman–Crippen LogP) is 3.28. The van der Waals surface area contributed by atoms with Gasteiger partial charge in [0.15, 0.2) is 11.6 Å². The Labute approximate surface area is 185 Å². The SMILES string of the molecule is CN1CN(c2cccc(C(=O)Nc3cncc(-c4nncn4C4CC4)n3)c2)C=C1C1CC1. The number of rotatable bonds is 6. The Hall–Kier alpha value is -3.75. The van der Waals surface area contributed by atoms with Gasteiger partial charge in [0.1, 0.15) is 12.0 Å². The number of nitrogens with one attached hydrogen (secondary N) is 1. The molecule has 0 unspecified atom stereocenters. The minimum absolute atomic E-state index is 0.221. The predicted molar refractivity (Wildman–Crippen MR) is 120 cm³/mol. The topological polar surface area (TPSA) is 92.1 Å². The van der Waals surface area contributed by atoms with Gasteiger partial charge in [0, 0.05) is 42.2 Å². The van der Waals surface area contributed by atoms with E-state index in [4.69, 9.17) is 0 Å². The number of nitrogens with zero attached hydrogens (tertiary/aromatic N) is 7. The first-order valence-electron chi connectivity index (χ1n) is 11.0. The van der Waals surface area contributed by atoms with Gasteiger partial charge < -0.3 is 19.7 Å². The van der Waals surface area contributed by atoms with Gasteiger partial charge in [0.05, 0.1) is 19.1 Å². The van der Waals surface area contributed by atoms with E-state index in [0.29, 0.717) is 34.9 Å². The third-order valence-corrected chi connectivity index (χ3v) is 6.15. The first-order chi connectivity index (χ1) is 15.7. The van der Waals surface area contributed by atoms with Gasteiger partial charge in [-0.25, -0.2) is 4.98 Å². The van der Waals surface area contributed by atoms with E-state index in [1.54, 1.807) is 18.7 Å². The van der Waals surface area contributed by atoms with Gasteiger partial charge >= 0.3 is 0 Å². The largest absolute Gasteiger partial charge is 0.358 e. The number of anilines is 2. The van der Waals surface area contributed by atoms with Crippen molar-refractivity contribution in [2.75, 3.05) is 23.9 Å². The fraction of sp³-hybridized carbons (Fsp3) is 0.348. The summed E-state index contributed by atoms with van der Waals surface area (Å²) in [5.74, 6) is 1.53. The van der Waals surface area contributed by atoms with Crippen LogP contribution in [0.2, 0.25) is 0 Å². The van der Waals surface area contributed by atoms with E-state index in [9.17, 15) is 4.79 Å². The minimum Gasteiger partial charge on any atom is -0.358 e. The highest BCUT2D eigenvalue weighted by Crippen LogP contribution is 2.40. The van der Waals surface area contributed by atoms with E-state index in [1.807, 2.05) is 28.8 Å². The van der Waals surface area contributed by atoms with Crippen molar-refractivity contribution in [3.8, 4) is 11.5 Å². The van der Waals surface area contributed by atoms with Crippen molar-refractivity contribution in [2.24, 2.45) is 5.92 Å². The number of carbonyl (C=O) groups is 1. The zero-order chi connectivity index (χ0) is 21.7. The maximum absolute atomic E-state index is 13.0. The molecule has 6 rings (SSSR count). The lowest BCUT2D eigenvalue weighted by molar-refractivity contribution is 0.102. The second-order valence-corrected chi connectivity index (χ2v) is 8.72. The van der Waals surface area contributed by atoms with E-state index >= 15 is 0 Å². The fourth-order valence-electron chi connectivity index (χ4n) is 4.16. The van der Waals surface area contributed by atoms with Crippen LogP contribution in [0.5, 0.6) is 0 Å². The van der Waals surface area contributed by atoms with E-state index in [2.05, 4.69) is 48.5 Å². The highest BCUT2D eigenvalue weighted by molar-refractivity contribution is 6.04. The molecule has 1 N–H and O–H groups in total. The van der Waals surface area contributed by atoms with Crippen LogP contribution < -0.4 is 10.2 Å². The summed E-state index contributed by atoms with van der Waals surface area (Å²) >= 11 is 0. The third kappa shape index (κ3) is 3.59. The average Bonchev–Trinajstić information content (AvgIpc) is 3.75. The van der Waals surface area contributed by atoms with Crippen LogP contribution in [0.1, 0.15) is 42.1 Å². The maximum Gasteiger partial charge on any atom is 0.256 e. The molecule has 9 heteroatoms. The van der Waals surface area contributed by atoms with Gasteiger partial charge in [0.2, 0.25) is 0 Å². The number of carbonyl (C=O) groups excluding carboxylic acids is 1. The highest BCUT2D eigenvalue weighted by atomic mass is 16.1. The van der Waals surface area contributed by atoms with E-state index in [1.165, 1.54) is 18.5 Å². The van der Waals surface area contributed by atoms with Gasteiger partial charge in [0.25, 0.3) is 5.91 Å². The molecule has 2 saturated carbocycles. The van der Waals surface area contributed by atoms with Gasteiger partial charge in [-0.05, 0) is 43.9 Å². The Morgan fingerprint density at radius 3 is 2.84 bits per heavy atom. The summed E-state index contributed by atoms with van der Waals surface area (Å²) in [6.45, 7) is 0.798. The second-order valence-electron chi connectivity index (χ2n) is 8.72. The van der Waals surface area contributed by atoms with E-state index < -0.39 is 0 Å². The lowest BCUT2D eigenvalue weighted by Crippen LogP contribution is -2.24. The van der Waals surface area contributed by atoms with Crippen molar-refractivity contribution in [1.29, 1.82) is 0 Å². The van der Waals surface area contributed by atoms with Crippen LogP contribution in [0.4, 0.5) is 11.5 Å². The van der Waals surface area contributed by atoms with Crippen LogP contribution in [0.3, 0.4) is 0 Å². The number of allylic oxidation sites excluding steroid dienone is 1. The molecular formula is C23H24N8O. The number of hydrogen-bond acceptors (Lipinski definition) is 7. The monoisotopic (exact) mass is 428 g/mol. The molecule has 3 heterocycles. The van der Waals surface area contributed by atoms with Gasteiger partial charge in [-0.2, -0.15) is 0 Å². The van der Waals surface area contributed by atoms with Crippen LogP contribution in [0, 0.1) is 5.92 Å². The molecule has 9 nitrogen and oxygen atoms in total. The molecule has 0 spiro atoms. The number of benzene rings is 1. The molecule has 1 aliphatic heterocycles. The van der Waals surface area contributed by atoms with E-state index in [-0.39, 0.29) is 5.91 Å². The minimum atomic E-state index is -0.221. The molecule has 2 aliphatic carbocycles. The molecule has 3 aliphatic rings. The highest BCUT2D eigenvalue weighted by Gasteiger charge is 2.32. The Balaban J connectivity index is 1.20. The first kappa shape index (κ1) is 19.0. The summed E-state index contributed by atoms with van der Waals surface area (Å²) in [5, 5.41) is 11.1. The molecule has 162 valence electrons. The first-order valence-corrected chi connectivity index (χ1v) is 11.0. The molecule has 32 heavy (non-hydrogen) atoms. The molecule has 0 bridgehead atoms. The summed E-state index contributed by atoms with van der Waals surface area (Å²) < 4.78 is 2.02. The Morgan fingerprint density at radius 2 is 2.03 bits per heavy atom. The molecule has 1 aromatic carbocycles. The summed E-state index contributed by atoms with van der Waals surface area (Å²) in [4.78, 5) is 26.2. The standard InChI is InChI=1S/C23H24N8O/c1-29-14-30(12-20(29)15-5-6-15)18-4-2-3-16(9-18)23(32)27-21-11-24-10-19(26-21)22-28-25-13-31(22)17-7-8-17/h2-4,9-13,15,17H,5-8,14H2,1H3,(H,26,27,32). The Bertz CT molecular complexity index is 1210. The molecule has 1 amide bonds. The Morgan fingerprint density at radius 1 is 1.16 bits per heavy atom. The number of amides is 1. The molecule has 0 radical (unpaired) electrons. The van der Waals surface area contributed by atoms with Crippen molar-refractivity contribution in [1.82, 2.24) is 29.6 Å². The Kier molecular flexibility index (Phi) is 4.41. The van der Waals surface area contributed by atoms with Crippen LogP contribution in [-0.2, 0) is 0 Å². The zero-order valence-electron chi connectivity index (χ0n) is 17.8. The zero-order valence-corrected chi connectivity index (χ0v) is 17.8. The van der Waals surface area contributed by atoms with Crippen molar-refractivity contribution >= 4 is 17.4 Å². The molecule has 2 aromatic heterocycles. The summed E-state index contributed by atoms with van der Waals surface area (Å²) in [5.41, 5.74) is 3.55. The van der Waals surface area contributed by atoms with Crippen LogP contribution >= 0.6 is 0 Å². The second kappa shape index (κ2) is 7.44. The van der Waals surface area contributed by atoms with Gasteiger partial charge in [-0.3, -0.25) is 9.78 Å². The molecule has 0 saturated heterocycles. The van der Waals surface area contributed by atoms with Crippen LogP contribution in [0.15, 0.2) is 54.9 Å². The average molecular weight is 429 g/mol. The number of aromatic nitrogens is 5. The van der Waals surface area contributed by atoms with Crippen molar-refractivity contribution in [3.63, 3.8) is 0 Å². The normalized spacial score (nSPS) is 18.1. The van der Waals surface area contributed by atoms with Crippen molar-refractivity contribution < 1.29 is 4.79 Å². The summed E-state index contributed by atoms with van der Waals surface area (Å²) in [6, 6.07) is 8.10. The maximum atomic E-state index is 13.0. The van der Waals surface area contributed by atoms with Crippen molar-refractivity contribution in [3.05, 3.63) is 60.4 Å². The van der Waals surface area contributed by atoms with Crippen LogP contribution in [0.25, 0.3) is 11.5 Å². The quantitative estimate of drug-likeness (QED) is 0.644. The van der Waals surface area contributed by atoms with E-state index in [0.717, 1.165) is 25.2 Å². The number of hydrogen-bond donors (Lipinski definition) is 1. The molecule has 2 fully saturated rings. The lowest BCUT2D eigenvalue weighted by atomic mass is 10.2. The summed E-state index contributed by atoms with van der Waals surface area (Å²) in [7, 11) is 2.12. The van der Waals surface area contributed by atoms with Gasteiger partial charge in [-0.15, -0.1) is 10.2 Å². The molecular weight excluding hydrogens is 404 g/mol. The molecule has 0 atom stereocenters. The van der Waals surface area contributed by atoms with Crippen molar-refractivity contribution in [2.45, 2.75) is 31.7 Å². The summed E-state index contributed by atoms with van der Waals surface area (Å²) in [6.07, 6.45) is 11.9. The lowest BCUT2D eigenvalue weighted by Gasteiger charge is -2.20. The van der Waals surface area contributed by atoms with Gasteiger partial charge in [-0.1, -0.05) is 6.07 Å². The van der Waals surface area contributed by atoms with Crippen LogP contribution in [-0.4, -0.2) is 49.3 Å². The fourth-order valence-corrected chi connectivity index (χ4v) is 4.16.